The van der Waals surface area contributed by atoms with Crippen LogP contribution < -0.4 is 5.73 Å². The smallest absolute Gasteiger partial charge is 0.462 e. The Morgan fingerprint density at radius 1 is 0.341 bits per heavy atom. The number of phosphoric ester groups is 1. The molecule has 0 aromatic rings. The Balaban J connectivity index is 3.99. The normalized spacial score (nSPS) is 13.9. The predicted molar refractivity (Wildman–Crippen MR) is 394 cm³/mol. The fraction of sp³-hybridized carbons (Fsp3) is 0.630. The zero-order valence-electron chi connectivity index (χ0n) is 58.0. The number of rotatable bonds is 67. The van der Waals surface area contributed by atoms with Gasteiger partial charge in [0.1, 0.15) is 6.61 Å². The number of unbranched alkanes of at least 4 members (excludes halogenated alkanes) is 26. The highest BCUT2D eigenvalue weighted by molar-refractivity contribution is 7.47. The third-order valence-corrected chi connectivity index (χ3v) is 16.1. The van der Waals surface area contributed by atoms with Crippen LogP contribution in [0.5, 0.6) is 0 Å². The number of ether oxygens (including phenoxy) is 2. The third-order valence-electron chi connectivity index (χ3n) is 15.1. The molecule has 2 unspecified atom stereocenters. The highest BCUT2D eigenvalue weighted by atomic mass is 31.2. The van der Waals surface area contributed by atoms with Gasteiger partial charge in [-0.15, -0.1) is 0 Å². The number of nitrogens with two attached hydrogens (primary N) is 1. The Hall–Kier alpha value is -4.63. The van der Waals surface area contributed by atoms with Gasteiger partial charge in [-0.1, -0.05) is 319 Å². The van der Waals surface area contributed by atoms with Crippen LogP contribution in [-0.2, 0) is 32.7 Å². The summed E-state index contributed by atoms with van der Waals surface area (Å²) in [6.45, 7) is 3.60. The maximum absolute atomic E-state index is 12.8. The summed E-state index contributed by atoms with van der Waals surface area (Å²) in [5.74, 6) is -0.854. The van der Waals surface area contributed by atoms with Crippen LogP contribution in [0.1, 0.15) is 296 Å². The second-order valence-electron chi connectivity index (χ2n) is 23.7. The average molecular weight is 1280 g/mol. The Bertz CT molecular complexity index is 2100. The summed E-state index contributed by atoms with van der Waals surface area (Å²) >= 11 is 0. The van der Waals surface area contributed by atoms with E-state index < -0.39 is 26.5 Å². The second-order valence-corrected chi connectivity index (χ2v) is 25.2. The summed E-state index contributed by atoms with van der Waals surface area (Å²) in [6, 6.07) is 0. The van der Waals surface area contributed by atoms with Gasteiger partial charge in [0, 0.05) is 19.4 Å². The lowest BCUT2D eigenvalue weighted by Crippen LogP contribution is -2.29. The standard InChI is InChI=1S/C81H134NO8P/c1-3-5-7-9-11-13-15-17-19-21-23-25-27-29-31-33-35-36-37-38-39-40-41-42-44-46-48-50-52-54-56-58-60-62-64-66-68-70-72-74-81(84)90-79(78-89-91(85,86)88-76-75-82)77-87-80(83)73-71-69-67-65-63-61-59-57-55-53-51-49-47-45-43-34-32-30-28-26-24-22-20-18-16-14-12-10-8-6-4-2/h5,7,11,13,16-19,22-25,28-31,35-36,38-39,41-42,46,48,52,54,58,60,79H,3-4,6,8-10,12,14-15,20-21,26-27,32-34,37,40,43-45,47,49-51,53,55-57,59,61-78,82H2,1-2H3,(H,85,86)/b7-5-,13-11-,18-16-,19-17-,24-22-,25-23-,30-28-,31-29-,36-35-,39-38-,42-41-,48-46-,54-52-,60-58-. The molecule has 0 aromatic heterocycles. The van der Waals surface area contributed by atoms with E-state index in [9.17, 15) is 19.0 Å². The van der Waals surface area contributed by atoms with Crippen LogP contribution in [0.25, 0.3) is 0 Å². The summed E-state index contributed by atoms with van der Waals surface area (Å²) in [5.41, 5.74) is 5.40. The highest BCUT2D eigenvalue weighted by Gasteiger charge is 2.26. The van der Waals surface area contributed by atoms with Gasteiger partial charge in [0.2, 0.25) is 0 Å². The minimum absolute atomic E-state index is 0.0421. The van der Waals surface area contributed by atoms with Gasteiger partial charge in [0.25, 0.3) is 0 Å². The first-order valence-electron chi connectivity index (χ1n) is 36.6. The summed E-state index contributed by atoms with van der Waals surface area (Å²) in [6.07, 6.45) is 110. The van der Waals surface area contributed by atoms with Crippen molar-refractivity contribution >= 4 is 19.8 Å². The van der Waals surface area contributed by atoms with E-state index in [1.165, 1.54) is 128 Å². The molecule has 0 amide bonds. The first kappa shape index (κ1) is 86.4. The van der Waals surface area contributed by atoms with E-state index in [1.807, 2.05) is 0 Å². The van der Waals surface area contributed by atoms with E-state index in [0.29, 0.717) is 6.42 Å². The lowest BCUT2D eigenvalue weighted by Gasteiger charge is -2.19. The van der Waals surface area contributed by atoms with Crippen LogP contribution in [0.3, 0.4) is 0 Å². The van der Waals surface area contributed by atoms with Crippen molar-refractivity contribution in [1.82, 2.24) is 0 Å². The van der Waals surface area contributed by atoms with E-state index >= 15 is 0 Å². The van der Waals surface area contributed by atoms with Gasteiger partial charge in [0.05, 0.1) is 13.2 Å². The van der Waals surface area contributed by atoms with Crippen molar-refractivity contribution in [2.24, 2.45) is 5.73 Å². The molecule has 0 bridgehead atoms. The number of esters is 2. The monoisotopic (exact) mass is 1280 g/mol. The molecule has 91 heavy (non-hydrogen) atoms. The van der Waals surface area contributed by atoms with Gasteiger partial charge in [-0.2, -0.15) is 0 Å². The number of phosphoric acid groups is 1. The predicted octanol–water partition coefficient (Wildman–Crippen LogP) is 24.5. The Labute approximate surface area is 559 Å². The van der Waals surface area contributed by atoms with Crippen molar-refractivity contribution in [3.63, 3.8) is 0 Å². The first-order valence-corrected chi connectivity index (χ1v) is 38.1. The molecule has 0 saturated heterocycles. The molecule has 0 aromatic carbocycles. The maximum atomic E-state index is 12.8. The van der Waals surface area contributed by atoms with Crippen LogP contribution in [0.4, 0.5) is 0 Å². The van der Waals surface area contributed by atoms with Crippen LogP contribution >= 0.6 is 7.82 Å². The van der Waals surface area contributed by atoms with Crippen LogP contribution in [0.15, 0.2) is 170 Å². The van der Waals surface area contributed by atoms with Crippen molar-refractivity contribution < 1.29 is 37.6 Å². The topological polar surface area (TPSA) is 134 Å². The summed E-state index contributed by atoms with van der Waals surface area (Å²) < 4.78 is 33.2. The summed E-state index contributed by atoms with van der Waals surface area (Å²) in [7, 11) is -4.41. The van der Waals surface area contributed by atoms with Crippen molar-refractivity contribution in [3.05, 3.63) is 170 Å². The molecule has 0 aliphatic heterocycles. The molecule has 0 radical (unpaired) electrons. The fourth-order valence-electron chi connectivity index (χ4n) is 9.71. The Morgan fingerprint density at radius 3 is 0.901 bits per heavy atom. The summed E-state index contributed by atoms with van der Waals surface area (Å²) in [5, 5.41) is 0. The molecule has 0 fully saturated rings. The van der Waals surface area contributed by atoms with E-state index in [-0.39, 0.29) is 38.6 Å². The molecule has 0 aliphatic carbocycles. The SMILES string of the molecule is CC/C=C\C/C=C\C/C=C\C/C=C\C/C=C\C/C=C\C/C=C\C/C=C\C/C=C\C/C=C\C/C=C\CCCCCCCC(=O)OC(COC(=O)CCCCCCCCCCCCCCCCCC/C=C\C/C=C\C/C=C\CCCCCCC)COP(=O)(O)OCCN. The van der Waals surface area contributed by atoms with Crippen LogP contribution in [-0.4, -0.2) is 49.3 Å². The lowest BCUT2D eigenvalue weighted by atomic mass is 10.0. The third kappa shape index (κ3) is 74.3. The molecule has 10 heteroatoms. The van der Waals surface area contributed by atoms with Crippen molar-refractivity contribution in [3.8, 4) is 0 Å². The Kier molecular flexibility index (Phi) is 70.6. The van der Waals surface area contributed by atoms with E-state index in [2.05, 4.69) is 184 Å². The van der Waals surface area contributed by atoms with E-state index in [0.717, 1.165) is 135 Å². The quantitative estimate of drug-likeness (QED) is 0.0264. The van der Waals surface area contributed by atoms with Crippen LogP contribution in [0.2, 0.25) is 0 Å². The van der Waals surface area contributed by atoms with Crippen molar-refractivity contribution in [1.29, 1.82) is 0 Å². The molecule has 0 spiro atoms. The molecular formula is C81H134NO8P. The second kappa shape index (κ2) is 74.4. The van der Waals surface area contributed by atoms with Gasteiger partial charge in [-0.3, -0.25) is 18.6 Å². The van der Waals surface area contributed by atoms with Crippen LogP contribution in [0, 0.1) is 0 Å². The zero-order chi connectivity index (χ0) is 65.8. The van der Waals surface area contributed by atoms with E-state index in [1.54, 1.807) is 0 Å². The molecule has 9 nitrogen and oxygen atoms in total. The molecular weight excluding hydrogens is 1150 g/mol. The maximum Gasteiger partial charge on any atom is 0.472 e. The fourth-order valence-corrected chi connectivity index (χ4v) is 10.5. The number of allylic oxidation sites excluding steroid dienone is 28. The highest BCUT2D eigenvalue weighted by Crippen LogP contribution is 2.43. The van der Waals surface area contributed by atoms with Gasteiger partial charge in [-0.25, -0.2) is 4.57 Å². The zero-order valence-corrected chi connectivity index (χ0v) is 58.9. The minimum Gasteiger partial charge on any atom is -0.462 e. The molecule has 0 aliphatic rings. The van der Waals surface area contributed by atoms with Crippen molar-refractivity contribution in [2.45, 2.75) is 302 Å². The average Bonchev–Trinajstić information content (AvgIpc) is 3.71. The van der Waals surface area contributed by atoms with Gasteiger partial charge in [0.15, 0.2) is 6.10 Å². The molecule has 0 rings (SSSR count). The number of hydrogen-bond acceptors (Lipinski definition) is 8. The Morgan fingerprint density at radius 2 is 0.604 bits per heavy atom. The molecule has 2 atom stereocenters. The van der Waals surface area contributed by atoms with Gasteiger partial charge < -0.3 is 20.1 Å². The number of hydrogen-bond donors (Lipinski definition) is 2. The van der Waals surface area contributed by atoms with Gasteiger partial charge >= 0.3 is 19.8 Å². The number of carbonyl (C=O) groups is 2. The molecule has 0 saturated carbocycles. The van der Waals surface area contributed by atoms with Crippen molar-refractivity contribution in [2.75, 3.05) is 26.4 Å². The molecule has 516 valence electrons. The van der Waals surface area contributed by atoms with E-state index in [4.69, 9.17) is 24.3 Å². The van der Waals surface area contributed by atoms with Gasteiger partial charge in [-0.05, 0) is 135 Å². The summed E-state index contributed by atoms with van der Waals surface area (Å²) in [4.78, 5) is 35.4. The number of carbonyl (C=O) groups excluding carboxylic acids is 2. The minimum atomic E-state index is -4.41. The molecule has 0 heterocycles. The lowest BCUT2D eigenvalue weighted by molar-refractivity contribution is -0.161. The largest absolute Gasteiger partial charge is 0.472 e. The first-order chi connectivity index (χ1) is 44.8. The molecule has 3 N–H and O–H groups in total.